The van der Waals surface area contributed by atoms with Crippen molar-refractivity contribution < 1.29 is 9.47 Å². The molecule has 1 aromatic carbocycles. The number of hydrogen-bond donors (Lipinski definition) is 0. The zero-order valence-electron chi connectivity index (χ0n) is 8.60. The number of thioether (sulfide) groups is 1. The Labute approximate surface area is 89.6 Å². The van der Waals surface area contributed by atoms with Gasteiger partial charge in [0.1, 0.15) is 0 Å². The fourth-order valence-corrected chi connectivity index (χ4v) is 2.02. The van der Waals surface area contributed by atoms with E-state index in [1.807, 2.05) is 30.0 Å². The summed E-state index contributed by atoms with van der Waals surface area (Å²) >= 11 is 1.82. The largest absolute Gasteiger partial charge is 0.356 e. The lowest BCUT2D eigenvalue weighted by atomic mass is 10.4. The predicted octanol–water partition coefficient (Wildman–Crippen LogP) is 2.79. The van der Waals surface area contributed by atoms with Gasteiger partial charge in [-0.15, -0.1) is 11.8 Å². The molecule has 2 nitrogen and oxygen atoms in total. The molecular formula is C11H16O2S. The third-order valence-electron chi connectivity index (χ3n) is 1.89. The van der Waals surface area contributed by atoms with E-state index in [9.17, 15) is 0 Å². The summed E-state index contributed by atoms with van der Waals surface area (Å²) in [6.45, 7) is 0. The van der Waals surface area contributed by atoms with Crippen LogP contribution in [-0.4, -0.2) is 26.3 Å². The normalized spacial score (nSPS) is 10.8. The Morgan fingerprint density at radius 1 is 1.14 bits per heavy atom. The fourth-order valence-electron chi connectivity index (χ4n) is 1.12. The van der Waals surface area contributed by atoms with Crippen LogP contribution in [0, 0.1) is 0 Å². The summed E-state index contributed by atoms with van der Waals surface area (Å²) in [5.74, 6) is 1.01. The molecule has 0 bridgehead atoms. The lowest BCUT2D eigenvalue weighted by Gasteiger charge is -2.12. The zero-order valence-corrected chi connectivity index (χ0v) is 9.42. The third-order valence-corrected chi connectivity index (χ3v) is 2.94. The van der Waals surface area contributed by atoms with Gasteiger partial charge in [-0.1, -0.05) is 18.2 Å². The lowest BCUT2D eigenvalue weighted by molar-refractivity contribution is -0.102. The smallest absolute Gasteiger partial charge is 0.157 e. The third kappa shape index (κ3) is 4.13. The lowest BCUT2D eigenvalue weighted by Crippen LogP contribution is -2.13. The number of benzene rings is 1. The van der Waals surface area contributed by atoms with Crippen LogP contribution in [0.2, 0.25) is 0 Å². The first-order valence-corrected chi connectivity index (χ1v) is 5.59. The van der Waals surface area contributed by atoms with Gasteiger partial charge in [0.2, 0.25) is 0 Å². The van der Waals surface area contributed by atoms with Crippen LogP contribution >= 0.6 is 11.8 Å². The van der Waals surface area contributed by atoms with Gasteiger partial charge in [0, 0.05) is 31.3 Å². The van der Waals surface area contributed by atoms with Crippen molar-refractivity contribution in [2.75, 3.05) is 20.0 Å². The molecule has 0 aliphatic heterocycles. The number of ether oxygens (including phenoxy) is 2. The first kappa shape index (κ1) is 11.6. The van der Waals surface area contributed by atoms with Crippen molar-refractivity contribution in [2.24, 2.45) is 0 Å². The van der Waals surface area contributed by atoms with E-state index < -0.39 is 0 Å². The van der Waals surface area contributed by atoms with E-state index in [0.717, 1.165) is 12.2 Å². The summed E-state index contributed by atoms with van der Waals surface area (Å²) in [4.78, 5) is 1.29. The van der Waals surface area contributed by atoms with Crippen LogP contribution in [0.3, 0.4) is 0 Å². The van der Waals surface area contributed by atoms with E-state index in [1.54, 1.807) is 14.2 Å². The van der Waals surface area contributed by atoms with Crippen LogP contribution in [0.1, 0.15) is 6.42 Å². The summed E-state index contributed by atoms with van der Waals surface area (Å²) in [6, 6.07) is 10.3. The average Bonchev–Trinajstić information content (AvgIpc) is 2.26. The zero-order chi connectivity index (χ0) is 10.2. The number of hydrogen-bond acceptors (Lipinski definition) is 3. The highest BCUT2D eigenvalue weighted by molar-refractivity contribution is 7.99. The monoisotopic (exact) mass is 212 g/mol. The Morgan fingerprint density at radius 3 is 2.36 bits per heavy atom. The first-order chi connectivity index (χ1) is 6.86. The van der Waals surface area contributed by atoms with Crippen LogP contribution < -0.4 is 0 Å². The van der Waals surface area contributed by atoms with Crippen LogP contribution in [0.4, 0.5) is 0 Å². The molecular weight excluding hydrogens is 196 g/mol. The average molecular weight is 212 g/mol. The van der Waals surface area contributed by atoms with Gasteiger partial charge < -0.3 is 9.47 Å². The Balaban J connectivity index is 2.21. The van der Waals surface area contributed by atoms with Crippen LogP contribution in [0.15, 0.2) is 35.2 Å². The minimum absolute atomic E-state index is 0.0776. The van der Waals surface area contributed by atoms with Gasteiger partial charge in [0.25, 0.3) is 0 Å². The summed E-state index contributed by atoms with van der Waals surface area (Å²) in [5.41, 5.74) is 0. The van der Waals surface area contributed by atoms with Crippen molar-refractivity contribution in [1.82, 2.24) is 0 Å². The van der Waals surface area contributed by atoms with Gasteiger partial charge in [-0.05, 0) is 12.1 Å². The van der Waals surface area contributed by atoms with Crippen LogP contribution in [0.25, 0.3) is 0 Å². The van der Waals surface area contributed by atoms with E-state index in [4.69, 9.17) is 9.47 Å². The standard InChI is InChI=1S/C11H16O2S/c1-12-11(13-2)8-9-14-10-6-4-3-5-7-10/h3-7,11H,8-9H2,1-2H3. The molecule has 14 heavy (non-hydrogen) atoms. The van der Waals surface area contributed by atoms with E-state index in [0.29, 0.717) is 0 Å². The van der Waals surface area contributed by atoms with Gasteiger partial charge in [-0.2, -0.15) is 0 Å². The quantitative estimate of drug-likeness (QED) is 0.533. The molecule has 1 aromatic rings. The van der Waals surface area contributed by atoms with Gasteiger partial charge in [-0.3, -0.25) is 0 Å². The molecule has 0 heterocycles. The molecule has 0 N–H and O–H groups in total. The highest BCUT2D eigenvalue weighted by Gasteiger charge is 2.04. The van der Waals surface area contributed by atoms with E-state index in [-0.39, 0.29) is 6.29 Å². The molecule has 0 saturated heterocycles. The van der Waals surface area contributed by atoms with E-state index in [2.05, 4.69) is 12.1 Å². The van der Waals surface area contributed by atoms with Gasteiger partial charge in [-0.25, -0.2) is 0 Å². The maximum absolute atomic E-state index is 5.10. The molecule has 0 atom stereocenters. The molecule has 0 aromatic heterocycles. The topological polar surface area (TPSA) is 18.5 Å². The molecule has 0 aliphatic carbocycles. The van der Waals surface area contributed by atoms with Crippen LogP contribution in [0.5, 0.6) is 0 Å². The van der Waals surface area contributed by atoms with Gasteiger partial charge in [0.15, 0.2) is 6.29 Å². The maximum atomic E-state index is 5.10. The van der Waals surface area contributed by atoms with Crippen molar-refractivity contribution in [3.05, 3.63) is 30.3 Å². The molecule has 0 radical (unpaired) electrons. The summed E-state index contributed by atoms with van der Waals surface area (Å²) in [6.07, 6.45) is 0.832. The maximum Gasteiger partial charge on any atom is 0.157 e. The Hall–Kier alpha value is -0.510. The Kier molecular flexibility index (Phi) is 5.68. The molecule has 0 unspecified atom stereocenters. The minimum atomic E-state index is -0.0776. The Morgan fingerprint density at radius 2 is 1.79 bits per heavy atom. The molecule has 0 amide bonds. The number of rotatable bonds is 6. The fraction of sp³-hybridized carbons (Fsp3) is 0.455. The highest BCUT2D eigenvalue weighted by Crippen LogP contribution is 2.18. The summed E-state index contributed by atoms with van der Waals surface area (Å²) in [5, 5.41) is 0. The summed E-state index contributed by atoms with van der Waals surface area (Å²) in [7, 11) is 3.34. The molecule has 0 spiro atoms. The SMILES string of the molecule is COC(CCSc1ccccc1)OC. The van der Waals surface area contributed by atoms with Gasteiger partial charge in [0.05, 0.1) is 0 Å². The molecule has 0 saturated carbocycles. The van der Waals surface area contributed by atoms with Crippen molar-refractivity contribution in [3.63, 3.8) is 0 Å². The van der Waals surface area contributed by atoms with E-state index in [1.165, 1.54) is 4.90 Å². The second-order valence-corrected chi connectivity index (χ2v) is 4.02. The number of methoxy groups -OCH3 is 2. The van der Waals surface area contributed by atoms with Crippen LogP contribution in [-0.2, 0) is 9.47 Å². The minimum Gasteiger partial charge on any atom is -0.356 e. The first-order valence-electron chi connectivity index (χ1n) is 4.60. The second-order valence-electron chi connectivity index (χ2n) is 2.85. The second kappa shape index (κ2) is 6.87. The van der Waals surface area contributed by atoms with Crippen molar-refractivity contribution >= 4 is 11.8 Å². The van der Waals surface area contributed by atoms with Crippen molar-refractivity contribution in [2.45, 2.75) is 17.6 Å². The van der Waals surface area contributed by atoms with E-state index >= 15 is 0 Å². The molecule has 0 fully saturated rings. The Bertz CT molecular complexity index is 234. The molecule has 1 rings (SSSR count). The molecule has 3 heteroatoms. The van der Waals surface area contributed by atoms with Crippen molar-refractivity contribution in [1.29, 1.82) is 0 Å². The predicted molar refractivity (Wildman–Crippen MR) is 59.6 cm³/mol. The molecule has 0 aliphatic rings. The molecule has 78 valence electrons. The van der Waals surface area contributed by atoms with Gasteiger partial charge >= 0.3 is 0 Å². The summed E-state index contributed by atoms with van der Waals surface area (Å²) < 4.78 is 10.2. The highest BCUT2D eigenvalue weighted by atomic mass is 32.2. The van der Waals surface area contributed by atoms with Crippen molar-refractivity contribution in [3.8, 4) is 0 Å².